The summed E-state index contributed by atoms with van der Waals surface area (Å²) in [6, 6.07) is -0.319. The number of carbonyl (C=O) groups excluding carboxylic acids is 3. The van der Waals surface area contributed by atoms with Crippen LogP contribution in [-0.4, -0.2) is 54.0 Å². The number of hydrogen-bond donors (Lipinski definition) is 3. The molecule has 0 aliphatic heterocycles. The van der Waals surface area contributed by atoms with Crippen LogP contribution in [0, 0.1) is 17.8 Å². The number of nitrogens with zero attached hydrogens (tertiary/aromatic N) is 1. The molecule has 4 fully saturated rings. The molecule has 0 radical (unpaired) electrons. The third-order valence-corrected chi connectivity index (χ3v) is 6.30. The number of rotatable bonds is 7. The molecule has 0 unspecified atom stereocenters. The fraction of sp³-hybridized carbons (Fsp3) is 0.850. The van der Waals surface area contributed by atoms with Crippen molar-refractivity contribution in [3.8, 4) is 0 Å². The molecule has 7 heteroatoms. The fourth-order valence-corrected chi connectivity index (χ4v) is 5.76. The molecule has 3 N–H and O–H groups in total. The summed E-state index contributed by atoms with van der Waals surface area (Å²) in [6.07, 6.45) is 7.09. The lowest BCUT2D eigenvalue weighted by atomic mass is 9.53. The lowest BCUT2D eigenvalue weighted by Crippen LogP contribution is -2.62. The van der Waals surface area contributed by atoms with E-state index in [1.165, 1.54) is 19.3 Å². The summed E-state index contributed by atoms with van der Waals surface area (Å²) in [5.41, 5.74) is -0.110. The average Bonchev–Trinajstić information content (AvgIpc) is 2.50. The second-order valence-electron chi connectivity index (χ2n) is 9.23. The van der Waals surface area contributed by atoms with Gasteiger partial charge in [0.15, 0.2) is 0 Å². The van der Waals surface area contributed by atoms with E-state index in [-0.39, 0.29) is 42.5 Å². The van der Waals surface area contributed by atoms with Crippen molar-refractivity contribution in [1.82, 2.24) is 20.9 Å². The van der Waals surface area contributed by atoms with Gasteiger partial charge in [-0.15, -0.1) is 0 Å². The smallest absolute Gasteiger partial charge is 0.321 e. The van der Waals surface area contributed by atoms with Gasteiger partial charge in [0, 0.05) is 11.6 Å². The molecule has 152 valence electrons. The first-order valence-corrected chi connectivity index (χ1v) is 10.4. The maximum atomic E-state index is 12.4. The molecule has 0 atom stereocenters. The Kier molecular flexibility index (Phi) is 6.08. The zero-order valence-electron chi connectivity index (χ0n) is 16.8. The average molecular weight is 379 g/mol. The standard InChI is InChI=1S/C20H34N4O3/c1-4-24(11-17(25)21-13(2)3)12-18(26)22-19(27)23-20-8-14-5-15(9-20)7-16(6-14)10-20/h13-16H,4-12H2,1-3H3,(H,21,25)(H2,22,23,26,27). The van der Waals surface area contributed by atoms with Crippen molar-refractivity contribution in [2.45, 2.75) is 70.9 Å². The van der Waals surface area contributed by atoms with Crippen LogP contribution in [0.2, 0.25) is 0 Å². The monoisotopic (exact) mass is 378 g/mol. The Balaban J connectivity index is 1.46. The van der Waals surface area contributed by atoms with Gasteiger partial charge in [0.2, 0.25) is 11.8 Å². The number of imide groups is 1. The van der Waals surface area contributed by atoms with Gasteiger partial charge in [-0.2, -0.15) is 0 Å². The van der Waals surface area contributed by atoms with Gasteiger partial charge in [-0.05, 0) is 76.7 Å². The van der Waals surface area contributed by atoms with Gasteiger partial charge < -0.3 is 10.6 Å². The Labute approximate surface area is 162 Å². The molecule has 0 aromatic heterocycles. The van der Waals surface area contributed by atoms with Crippen LogP contribution in [0.1, 0.15) is 59.3 Å². The molecule has 27 heavy (non-hydrogen) atoms. The molecule has 4 saturated carbocycles. The maximum absolute atomic E-state index is 12.4. The molecule has 4 rings (SSSR count). The molecule has 4 amide bonds. The summed E-state index contributed by atoms with van der Waals surface area (Å²) in [5.74, 6) is 1.74. The zero-order chi connectivity index (χ0) is 19.6. The number of urea groups is 1. The van der Waals surface area contributed by atoms with Crippen LogP contribution in [0.4, 0.5) is 4.79 Å². The van der Waals surface area contributed by atoms with Gasteiger partial charge in [-0.25, -0.2) is 4.79 Å². The van der Waals surface area contributed by atoms with E-state index in [2.05, 4.69) is 16.0 Å². The summed E-state index contributed by atoms with van der Waals surface area (Å²) < 4.78 is 0. The number of amides is 4. The zero-order valence-corrected chi connectivity index (χ0v) is 16.8. The molecular formula is C20H34N4O3. The highest BCUT2D eigenvalue weighted by Gasteiger charge is 2.51. The fourth-order valence-electron chi connectivity index (χ4n) is 5.76. The lowest BCUT2D eigenvalue weighted by molar-refractivity contribution is -0.124. The first-order chi connectivity index (χ1) is 12.8. The van der Waals surface area contributed by atoms with Gasteiger partial charge in [0.25, 0.3) is 0 Å². The minimum Gasteiger partial charge on any atom is -0.353 e. The Morgan fingerprint density at radius 3 is 1.96 bits per heavy atom. The molecule has 4 aliphatic rings. The van der Waals surface area contributed by atoms with Gasteiger partial charge in [0.1, 0.15) is 0 Å². The van der Waals surface area contributed by atoms with E-state index in [1.54, 1.807) is 4.90 Å². The van der Waals surface area contributed by atoms with E-state index in [1.807, 2.05) is 20.8 Å². The Bertz CT molecular complexity index is 554. The summed E-state index contributed by atoms with van der Waals surface area (Å²) >= 11 is 0. The molecule has 0 saturated heterocycles. The SMILES string of the molecule is CCN(CC(=O)NC(=O)NC12CC3CC(CC(C3)C1)C2)CC(=O)NC(C)C. The van der Waals surface area contributed by atoms with E-state index in [9.17, 15) is 14.4 Å². The van der Waals surface area contributed by atoms with Crippen LogP contribution in [0.5, 0.6) is 0 Å². The molecule has 7 nitrogen and oxygen atoms in total. The molecule has 0 spiro atoms. The Morgan fingerprint density at radius 2 is 1.48 bits per heavy atom. The summed E-state index contributed by atoms with van der Waals surface area (Å²) in [5, 5.41) is 8.43. The number of hydrogen-bond acceptors (Lipinski definition) is 4. The van der Waals surface area contributed by atoms with Crippen molar-refractivity contribution in [2.24, 2.45) is 17.8 Å². The second kappa shape index (κ2) is 8.17. The van der Waals surface area contributed by atoms with Crippen molar-refractivity contribution in [3.05, 3.63) is 0 Å². The Hall–Kier alpha value is -1.63. The molecule has 0 aromatic rings. The van der Waals surface area contributed by atoms with Crippen molar-refractivity contribution in [1.29, 1.82) is 0 Å². The summed E-state index contributed by atoms with van der Waals surface area (Å²) in [6.45, 7) is 6.45. The summed E-state index contributed by atoms with van der Waals surface area (Å²) in [7, 11) is 0. The second-order valence-corrected chi connectivity index (χ2v) is 9.23. The van der Waals surface area contributed by atoms with Crippen molar-refractivity contribution in [2.75, 3.05) is 19.6 Å². The van der Waals surface area contributed by atoms with Crippen molar-refractivity contribution in [3.63, 3.8) is 0 Å². The quantitative estimate of drug-likeness (QED) is 0.628. The minimum absolute atomic E-state index is 0.0380. The first-order valence-electron chi connectivity index (χ1n) is 10.4. The molecule has 4 bridgehead atoms. The van der Waals surface area contributed by atoms with Crippen LogP contribution in [0.3, 0.4) is 0 Å². The molecule has 0 heterocycles. The highest BCUT2D eigenvalue weighted by atomic mass is 16.2. The third kappa shape index (κ3) is 5.21. The van der Waals surface area contributed by atoms with Gasteiger partial charge in [-0.1, -0.05) is 6.92 Å². The van der Waals surface area contributed by atoms with Crippen LogP contribution in [0.25, 0.3) is 0 Å². The number of nitrogens with one attached hydrogen (secondary N) is 3. The summed E-state index contributed by atoms with van der Waals surface area (Å²) in [4.78, 5) is 38.3. The topological polar surface area (TPSA) is 90.5 Å². The predicted octanol–water partition coefficient (Wildman–Crippen LogP) is 1.63. The number of likely N-dealkylation sites (N-methyl/N-ethyl adjacent to an activating group) is 1. The van der Waals surface area contributed by atoms with Gasteiger partial charge in [-0.3, -0.25) is 19.8 Å². The van der Waals surface area contributed by atoms with Crippen molar-refractivity contribution < 1.29 is 14.4 Å². The molecule has 0 aromatic carbocycles. The third-order valence-electron chi connectivity index (χ3n) is 6.30. The normalized spacial score (nSPS) is 31.2. The van der Waals surface area contributed by atoms with Gasteiger partial charge >= 0.3 is 6.03 Å². The molecule has 4 aliphatic carbocycles. The Morgan fingerprint density at radius 1 is 0.963 bits per heavy atom. The molecular weight excluding hydrogens is 344 g/mol. The highest BCUT2D eigenvalue weighted by molar-refractivity contribution is 5.95. The van der Waals surface area contributed by atoms with E-state index < -0.39 is 0 Å². The van der Waals surface area contributed by atoms with Crippen LogP contribution >= 0.6 is 0 Å². The highest BCUT2D eigenvalue weighted by Crippen LogP contribution is 2.55. The van der Waals surface area contributed by atoms with E-state index in [0.717, 1.165) is 37.0 Å². The van der Waals surface area contributed by atoms with Crippen LogP contribution < -0.4 is 16.0 Å². The minimum atomic E-state index is -0.385. The van der Waals surface area contributed by atoms with Gasteiger partial charge in [0.05, 0.1) is 13.1 Å². The van der Waals surface area contributed by atoms with Crippen molar-refractivity contribution >= 4 is 17.8 Å². The first kappa shape index (κ1) is 20.1. The number of carbonyl (C=O) groups is 3. The predicted molar refractivity (Wildman–Crippen MR) is 103 cm³/mol. The lowest BCUT2D eigenvalue weighted by Gasteiger charge is -2.56. The van der Waals surface area contributed by atoms with E-state index in [4.69, 9.17) is 0 Å². The van der Waals surface area contributed by atoms with Crippen LogP contribution in [-0.2, 0) is 9.59 Å². The van der Waals surface area contributed by atoms with Crippen LogP contribution in [0.15, 0.2) is 0 Å². The maximum Gasteiger partial charge on any atom is 0.321 e. The van der Waals surface area contributed by atoms with E-state index in [0.29, 0.717) is 6.54 Å². The largest absolute Gasteiger partial charge is 0.353 e. The van der Waals surface area contributed by atoms with E-state index >= 15 is 0 Å².